The lowest BCUT2D eigenvalue weighted by molar-refractivity contribution is 0.0600. The van der Waals surface area contributed by atoms with Crippen molar-refractivity contribution in [2.45, 2.75) is 13.5 Å². The predicted octanol–water partition coefficient (Wildman–Crippen LogP) is 4.99. The van der Waals surface area contributed by atoms with Crippen molar-refractivity contribution in [3.63, 3.8) is 0 Å². The Bertz CT molecular complexity index is 1210. The van der Waals surface area contributed by atoms with Crippen LogP contribution in [0.5, 0.6) is 17.2 Å². The minimum atomic E-state index is -0.384. The van der Waals surface area contributed by atoms with E-state index >= 15 is 0 Å². The van der Waals surface area contributed by atoms with Gasteiger partial charge in [0.05, 0.1) is 25.3 Å². The van der Waals surface area contributed by atoms with E-state index < -0.39 is 0 Å². The van der Waals surface area contributed by atoms with Gasteiger partial charge in [-0.3, -0.25) is 4.79 Å². The van der Waals surface area contributed by atoms with Crippen LogP contribution < -0.4 is 14.2 Å². The number of Topliss-reactive ketones (excluding diaryl/α,β-unsaturated/α-hetero) is 1. The molecular weight excluding hydrogens is 408 g/mol. The molecule has 4 rings (SSSR count). The van der Waals surface area contributed by atoms with Crippen LogP contribution in [0.15, 0.2) is 66.4 Å². The highest BCUT2D eigenvalue weighted by molar-refractivity contribution is 6.15. The summed E-state index contributed by atoms with van der Waals surface area (Å²) < 4.78 is 21.8. The molecule has 0 fully saturated rings. The molecule has 0 atom stereocenters. The molecule has 3 aromatic rings. The molecule has 0 aliphatic carbocycles. The van der Waals surface area contributed by atoms with Crippen molar-refractivity contribution in [1.82, 2.24) is 0 Å². The van der Waals surface area contributed by atoms with Crippen molar-refractivity contribution < 1.29 is 28.5 Å². The van der Waals surface area contributed by atoms with Crippen LogP contribution in [0.2, 0.25) is 0 Å². The Balaban J connectivity index is 1.52. The Morgan fingerprint density at radius 3 is 2.50 bits per heavy atom. The molecule has 1 aliphatic heterocycles. The number of allylic oxidation sites excluding steroid dienone is 1. The van der Waals surface area contributed by atoms with Gasteiger partial charge in [-0.05, 0) is 48.4 Å². The van der Waals surface area contributed by atoms with E-state index in [4.69, 9.17) is 18.9 Å². The summed E-state index contributed by atoms with van der Waals surface area (Å²) in [6.45, 7) is 2.15. The van der Waals surface area contributed by atoms with Gasteiger partial charge in [0.2, 0.25) is 5.78 Å². The molecule has 0 aromatic heterocycles. The SMILES string of the molecule is COC(=O)c1ccc(COc2cc(C)c3c(c2)O/C(=C\c2ccccc2OC)C3=O)cc1. The molecule has 0 spiro atoms. The zero-order valence-electron chi connectivity index (χ0n) is 18.0. The molecule has 0 bridgehead atoms. The normalized spacial score (nSPS) is 13.5. The monoisotopic (exact) mass is 430 g/mol. The quantitative estimate of drug-likeness (QED) is 0.406. The highest BCUT2D eigenvalue weighted by Crippen LogP contribution is 2.38. The average Bonchev–Trinajstić information content (AvgIpc) is 3.13. The first-order valence-corrected chi connectivity index (χ1v) is 10.0. The Hall–Kier alpha value is -4.06. The number of hydrogen-bond acceptors (Lipinski definition) is 6. The van der Waals surface area contributed by atoms with Crippen molar-refractivity contribution in [3.05, 3.63) is 94.2 Å². The fourth-order valence-corrected chi connectivity index (χ4v) is 3.51. The van der Waals surface area contributed by atoms with Crippen LogP contribution in [-0.2, 0) is 11.3 Å². The summed E-state index contributed by atoms with van der Waals surface area (Å²) >= 11 is 0. The highest BCUT2D eigenvalue weighted by Gasteiger charge is 2.30. The van der Waals surface area contributed by atoms with Gasteiger partial charge in [-0.2, -0.15) is 0 Å². The van der Waals surface area contributed by atoms with Gasteiger partial charge >= 0.3 is 5.97 Å². The molecule has 0 saturated carbocycles. The third kappa shape index (κ3) is 4.21. The minimum absolute atomic E-state index is 0.173. The maximum atomic E-state index is 12.9. The first-order valence-electron chi connectivity index (χ1n) is 10.0. The van der Waals surface area contributed by atoms with E-state index in [-0.39, 0.29) is 17.5 Å². The molecule has 0 amide bonds. The van der Waals surface area contributed by atoms with Gasteiger partial charge in [0.1, 0.15) is 23.9 Å². The number of hydrogen-bond donors (Lipinski definition) is 0. The Morgan fingerprint density at radius 1 is 1.03 bits per heavy atom. The number of ketones is 1. The van der Waals surface area contributed by atoms with Gasteiger partial charge in [-0.25, -0.2) is 4.79 Å². The van der Waals surface area contributed by atoms with Crippen LogP contribution in [0.4, 0.5) is 0 Å². The lowest BCUT2D eigenvalue weighted by Crippen LogP contribution is -2.02. The van der Waals surface area contributed by atoms with Crippen LogP contribution in [-0.4, -0.2) is 26.0 Å². The standard InChI is InChI=1S/C26H22O6/c1-16-12-20(31-15-17-8-10-18(11-9-17)26(28)30-3)14-22-24(16)25(27)23(32-22)13-19-6-4-5-7-21(19)29-2/h4-14H,15H2,1-3H3/b23-13-. The van der Waals surface area contributed by atoms with Gasteiger partial charge in [-0.1, -0.05) is 30.3 Å². The van der Waals surface area contributed by atoms with Crippen LogP contribution in [0.1, 0.15) is 37.4 Å². The van der Waals surface area contributed by atoms with E-state index in [0.717, 1.165) is 16.7 Å². The summed E-state index contributed by atoms with van der Waals surface area (Å²) in [6, 6.07) is 17.9. The Morgan fingerprint density at radius 2 is 1.78 bits per heavy atom. The number of ether oxygens (including phenoxy) is 4. The summed E-state index contributed by atoms with van der Waals surface area (Å²) in [7, 11) is 2.93. The van der Waals surface area contributed by atoms with E-state index in [9.17, 15) is 9.59 Å². The fraction of sp³-hybridized carbons (Fsp3) is 0.154. The van der Waals surface area contributed by atoms with Crippen molar-refractivity contribution >= 4 is 17.8 Å². The summed E-state index contributed by atoms with van der Waals surface area (Å²) in [6.07, 6.45) is 1.68. The van der Waals surface area contributed by atoms with Gasteiger partial charge < -0.3 is 18.9 Å². The first kappa shape index (κ1) is 21.2. The summed E-state index contributed by atoms with van der Waals surface area (Å²) in [5.74, 6) is 1.39. The number of benzene rings is 3. The molecular formula is C26H22O6. The average molecular weight is 430 g/mol. The predicted molar refractivity (Wildman–Crippen MR) is 119 cm³/mol. The third-order valence-corrected chi connectivity index (χ3v) is 5.15. The third-order valence-electron chi connectivity index (χ3n) is 5.15. The van der Waals surface area contributed by atoms with E-state index in [1.54, 1.807) is 43.5 Å². The number of fused-ring (bicyclic) bond motifs is 1. The number of carbonyl (C=O) groups excluding carboxylic acids is 2. The van der Waals surface area contributed by atoms with Crippen LogP contribution in [0, 0.1) is 6.92 Å². The molecule has 1 heterocycles. The Labute approximate surface area is 186 Å². The molecule has 6 heteroatoms. The lowest BCUT2D eigenvalue weighted by atomic mass is 10.0. The lowest BCUT2D eigenvalue weighted by Gasteiger charge is -2.09. The van der Waals surface area contributed by atoms with Crippen molar-refractivity contribution in [1.29, 1.82) is 0 Å². The maximum absolute atomic E-state index is 12.9. The van der Waals surface area contributed by atoms with Gasteiger partial charge in [0.25, 0.3) is 0 Å². The molecule has 162 valence electrons. The molecule has 0 radical (unpaired) electrons. The zero-order chi connectivity index (χ0) is 22.7. The van der Waals surface area contributed by atoms with Gasteiger partial charge in [-0.15, -0.1) is 0 Å². The van der Waals surface area contributed by atoms with Gasteiger partial charge in [0, 0.05) is 11.6 Å². The van der Waals surface area contributed by atoms with Crippen LogP contribution in [0.3, 0.4) is 0 Å². The second-order valence-corrected chi connectivity index (χ2v) is 7.27. The molecule has 0 saturated heterocycles. The summed E-state index contributed by atoms with van der Waals surface area (Å²) in [5, 5.41) is 0. The highest BCUT2D eigenvalue weighted by atomic mass is 16.5. The first-order chi connectivity index (χ1) is 15.5. The second-order valence-electron chi connectivity index (χ2n) is 7.27. The van der Waals surface area contributed by atoms with Crippen molar-refractivity contribution in [2.24, 2.45) is 0 Å². The number of esters is 1. The molecule has 1 aliphatic rings. The van der Waals surface area contributed by atoms with Crippen LogP contribution >= 0.6 is 0 Å². The van der Waals surface area contributed by atoms with E-state index in [1.807, 2.05) is 37.3 Å². The number of carbonyl (C=O) groups is 2. The largest absolute Gasteiger partial charge is 0.496 e. The van der Waals surface area contributed by atoms with E-state index in [0.29, 0.717) is 35.0 Å². The fourth-order valence-electron chi connectivity index (χ4n) is 3.51. The smallest absolute Gasteiger partial charge is 0.337 e. The van der Waals surface area contributed by atoms with E-state index in [2.05, 4.69) is 0 Å². The molecule has 0 unspecified atom stereocenters. The molecule has 0 N–H and O–H groups in total. The molecule has 32 heavy (non-hydrogen) atoms. The number of rotatable bonds is 6. The zero-order valence-corrected chi connectivity index (χ0v) is 18.0. The topological polar surface area (TPSA) is 71.1 Å². The maximum Gasteiger partial charge on any atom is 0.337 e. The van der Waals surface area contributed by atoms with Gasteiger partial charge in [0.15, 0.2) is 5.76 Å². The Kier molecular flexibility index (Phi) is 5.94. The number of methoxy groups -OCH3 is 2. The summed E-state index contributed by atoms with van der Waals surface area (Å²) in [5.41, 5.74) is 3.43. The molecule has 6 nitrogen and oxygen atoms in total. The van der Waals surface area contributed by atoms with E-state index in [1.165, 1.54) is 7.11 Å². The second kappa shape index (κ2) is 8.98. The number of para-hydroxylation sites is 1. The van der Waals surface area contributed by atoms with Crippen molar-refractivity contribution in [3.8, 4) is 17.2 Å². The molecule has 3 aromatic carbocycles. The number of aryl methyl sites for hydroxylation is 1. The summed E-state index contributed by atoms with van der Waals surface area (Å²) in [4.78, 5) is 24.5. The minimum Gasteiger partial charge on any atom is -0.496 e. The van der Waals surface area contributed by atoms with Crippen LogP contribution in [0.25, 0.3) is 6.08 Å². The van der Waals surface area contributed by atoms with Crippen molar-refractivity contribution in [2.75, 3.05) is 14.2 Å².